The van der Waals surface area contributed by atoms with Gasteiger partial charge in [-0.3, -0.25) is 9.59 Å². The zero-order valence-electron chi connectivity index (χ0n) is 18.5. The van der Waals surface area contributed by atoms with Crippen molar-refractivity contribution < 1.29 is 23.5 Å². The Bertz CT molecular complexity index is 1160. The van der Waals surface area contributed by atoms with Crippen molar-refractivity contribution in [3.63, 3.8) is 0 Å². The second-order valence-corrected chi connectivity index (χ2v) is 7.71. The number of carbonyl (C=O) groups is 2. The van der Waals surface area contributed by atoms with Crippen LogP contribution in [-0.4, -0.2) is 30.4 Å². The van der Waals surface area contributed by atoms with Crippen LogP contribution in [0.15, 0.2) is 66.7 Å². The van der Waals surface area contributed by atoms with Crippen LogP contribution < -0.4 is 14.8 Å². The average Bonchev–Trinajstić information content (AvgIpc) is 3.16. The molecule has 33 heavy (non-hydrogen) atoms. The van der Waals surface area contributed by atoms with Crippen LogP contribution in [0.2, 0.25) is 0 Å². The van der Waals surface area contributed by atoms with Crippen molar-refractivity contribution in [1.29, 1.82) is 0 Å². The summed E-state index contributed by atoms with van der Waals surface area (Å²) in [5, 5.41) is 2.79. The molecule has 3 aromatic carbocycles. The lowest BCUT2D eigenvalue weighted by atomic mass is 10.0. The Hall–Kier alpha value is -3.87. The fourth-order valence-corrected chi connectivity index (χ4v) is 4.02. The van der Waals surface area contributed by atoms with Crippen molar-refractivity contribution in [1.82, 2.24) is 4.90 Å². The highest BCUT2D eigenvalue weighted by Gasteiger charge is 2.34. The Labute approximate surface area is 191 Å². The van der Waals surface area contributed by atoms with Gasteiger partial charge in [-0.1, -0.05) is 24.3 Å². The van der Waals surface area contributed by atoms with Gasteiger partial charge in [0.05, 0.1) is 26.2 Å². The molecule has 170 valence electrons. The summed E-state index contributed by atoms with van der Waals surface area (Å²) in [6.07, 6.45) is 0.0221. The predicted molar refractivity (Wildman–Crippen MR) is 123 cm³/mol. The smallest absolute Gasteiger partial charge is 0.255 e. The molecule has 3 aromatic rings. The highest BCUT2D eigenvalue weighted by Crippen LogP contribution is 2.37. The molecular weight excluding hydrogens is 423 g/mol. The van der Waals surface area contributed by atoms with Crippen molar-refractivity contribution >= 4 is 17.5 Å². The molecule has 0 aliphatic carbocycles. The molecule has 1 aliphatic rings. The van der Waals surface area contributed by atoms with Crippen LogP contribution in [0.5, 0.6) is 11.5 Å². The number of anilines is 1. The molecule has 0 saturated heterocycles. The molecule has 0 fully saturated rings. The minimum Gasteiger partial charge on any atom is -0.493 e. The van der Waals surface area contributed by atoms with Crippen LogP contribution in [0.4, 0.5) is 10.1 Å². The Balaban J connectivity index is 1.65. The van der Waals surface area contributed by atoms with Gasteiger partial charge in [0, 0.05) is 17.8 Å². The van der Waals surface area contributed by atoms with Crippen molar-refractivity contribution in [2.45, 2.75) is 25.9 Å². The SMILES string of the molecule is CCOc1ccc([C@H](CC(=O)Nc2ccc(F)cc2)N2Cc3ccccc3C2=O)cc1OC. The number of hydrogen-bond acceptors (Lipinski definition) is 4. The van der Waals surface area contributed by atoms with Crippen LogP contribution >= 0.6 is 0 Å². The largest absolute Gasteiger partial charge is 0.493 e. The number of halogens is 1. The van der Waals surface area contributed by atoms with E-state index in [0.717, 1.165) is 11.1 Å². The van der Waals surface area contributed by atoms with Crippen molar-refractivity contribution in [2.24, 2.45) is 0 Å². The Morgan fingerprint density at radius 1 is 1.09 bits per heavy atom. The number of ether oxygens (including phenoxy) is 2. The average molecular weight is 448 g/mol. The molecule has 0 saturated carbocycles. The topological polar surface area (TPSA) is 67.9 Å². The Morgan fingerprint density at radius 3 is 2.55 bits per heavy atom. The predicted octanol–water partition coefficient (Wildman–Crippen LogP) is 4.96. The lowest BCUT2D eigenvalue weighted by Crippen LogP contribution is -2.32. The van der Waals surface area contributed by atoms with Gasteiger partial charge in [0.25, 0.3) is 5.91 Å². The number of nitrogens with zero attached hydrogens (tertiary/aromatic N) is 1. The van der Waals surface area contributed by atoms with Crippen LogP contribution in [0.25, 0.3) is 0 Å². The van der Waals surface area contributed by atoms with E-state index in [1.165, 1.54) is 24.3 Å². The van der Waals surface area contributed by atoms with E-state index in [2.05, 4.69) is 5.32 Å². The number of hydrogen-bond donors (Lipinski definition) is 1. The summed E-state index contributed by atoms with van der Waals surface area (Å²) in [6.45, 7) is 2.77. The van der Waals surface area contributed by atoms with E-state index in [-0.39, 0.29) is 24.1 Å². The first-order valence-corrected chi connectivity index (χ1v) is 10.7. The van der Waals surface area contributed by atoms with Gasteiger partial charge >= 0.3 is 0 Å². The van der Waals surface area contributed by atoms with Crippen molar-refractivity contribution in [2.75, 3.05) is 19.0 Å². The summed E-state index contributed by atoms with van der Waals surface area (Å²) in [5.74, 6) is 0.325. The number of rotatable bonds is 8. The summed E-state index contributed by atoms with van der Waals surface area (Å²) >= 11 is 0. The maximum atomic E-state index is 13.2. The quantitative estimate of drug-likeness (QED) is 0.529. The molecule has 0 radical (unpaired) electrons. The van der Waals surface area contributed by atoms with E-state index in [0.29, 0.717) is 35.9 Å². The van der Waals surface area contributed by atoms with Crippen LogP contribution in [0, 0.1) is 5.82 Å². The molecule has 2 amide bonds. The van der Waals surface area contributed by atoms with Gasteiger partial charge in [0.15, 0.2) is 11.5 Å². The van der Waals surface area contributed by atoms with Gasteiger partial charge in [-0.25, -0.2) is 4.39 Å². The molecule has 0 unspecified atom stereocenters. The van der Waals surface area contributed by atoms with E-state index in [4.69, 9.17) is 9.47 Å². The summed E-state index contributed by atoms with van der Waals surface area (Å²) in [4.78, 5) is 27.9. The second kappa shape index (κ2) is 9.73. The number of methoxy groups -OCH3 is 1. The number of amides is 2. The molecule has 1 N–H and O–H groups in total. The molecule has 1 aliphatic heterocycles. The number of fused-ring (bicyclic) bond motifs is 1. The molecule has 7 heteroatoms. The van der Waals surface area contributed by atoms with Gasteiger partial charge in [0.2, 0.25) is 5.91 Å². The summed E-state index contributed by atoms with van der Waals surface area (Å²) in [5.41, 5.74) is 2.80. The molecule has 0 spiro atoms. The number of benzene rings is 3. The first-order valence-electron chi connectivity index (χ1n) is 10.7. The van der Waals surface area contributed by atoms with Crippen molar-refractivity contribution in [3.8, 4) is 11.5 Å². The molecule has 6 nitrogen and oxygen atoms in total. The standard InChI is InChI=1S/C26H25FN2O4/c1-3-33-23-13-8-17(14-24(23)32-2)22(15-25(30)28-20-11-9-19(27)10-12-20)29-16-18-6-4-5-7-21(18)26(29)31/h4-14,22H,3,15-16H2,1-2H3,(H,28,30)/t22-/m0/s1. The van der Waals surface area contributed by atoms with E-state index in [9.17, 15) is 14.0 Å². The first-order chi connectivity index (χ1) is 16.0. The summed E-state index contributed by atoms with van der Waals surface area (Å²) < 4.78 is 24.3. The van der Waals surface area contributed by atoms with Gasteiger partial charge in [-0.15, -0.1) is 0 Å². The van der Waals surface area contributed by atoms with Gasteiger partial charge in [-0.05, 0) is 60.5 Å². The van der Waals surface area contributed by atoms with Crippen LogP contribution in [0.3, 0.4) is 0 Å². The first kappa shape index (κ1) is 22.3. The van der Waals surface area contributed by atoms with Crippen molar-refractivity contribution in [3.05, 3.63) is 89.2 Å². The maximum absolute atomic E-state index is 13.2. The third kappa shape index (κ3) is 4.82. The van der Waals surface area contributed by atoms with E-state index in [1.807, 2.05) is 31.2 Å². The Kier molecular flexibility index (Phi) is 6.58. The van der Waals surface area contributed by atoms with E-state index in [1.54, 1.807) is 30.2 Å². The van der Waals surface area contributed by atoms with Gasteiger partial charge in [0.1, 0.15) is 5.82 Å². The normalized spacial score (nSPS) is 13.4. The van der Waals surface area contributed by atoms with Gasteiger partial charge < -0.3 is 19.7 Å². The van der Waals surface area contributed by atoms with E-state index >= 15 is 0 Å². The Morgan fingerprint density at radius 2 is 1.85 bits per heavy atom. The second-order valence-electron chi connectivity index (χ2n) is 7.71. The maximum Gasteiger partial charge on any atom is 0.255 e. The molecule has 0 aromatic heterocycles. The summed E-state index contributed by atoms with van der Waals surface area (Å²) in [7, 11) is 1.55. The number of carbonyl (C=O) groups excluding carboxylic acids is 2. The minimum atomic E-state index is -0.532. The highest BCUT2D eigenvalue weighted by molar-refractivity contribution is 5.99. The van der Waals surface area contributed by atoms with Gasteiger partial charge in [-0.2, -0.15) is 0 Å². The lowest BCUT2D eigenvalue weighted by molar-refractivity contribution is -0.117. The fraction of sp³-hybridized carbons (Fsp3) is 0.231. The monoisotopic (exact) mass is 448 g/mol. The molecule has 0 bridgehead atoms. The zero-order valence-corrected chi connectivity index (χ0v) is 18.5. The highest BCUT2D eigenvalue weighted by atomic mass is 19.1. The van der Waals surface area contributed by atoms with Crippen LogP contribution in [0.1, 0.15) is 40.9 Å². The molecular formula is C26H25FN2O4. The number of nitrogens with one attached hydrogen (secondary N) is 1. The molecule has 1 heterocycles. The zero-order chi connectivity index (χ0) is 23.4. The van der Waals surface area contributed by atoms with E-state index < -0.39 is 6.04 Å². The van der Waals surface area contributed by atoms with Crippen LogP contribution in [-0.2, 0) is 11.3 Å². The lowest BCUT2D eigenvalue weighted by Gasteiger charge is -2.28. The summed E-state index contributed by atoms with van der Waals surface area (Å²) in [6, 6.07) is 17.9. The third-order valence-corrected chi connectivity index (χ3v) is 5.60. The molecule has 1 atom stereocenters. The third-order valence-electron chi connectivity index (χ3n) is 5.60. The minimum absolute atomic E-state index is 0.0221. The molecule has 4 rings (SSSR count). The fourth-order valence-electron chi connectivity index (χ4n) is 4.02.